The van der Waals surface area contributed by atoms with Gasteiger partial charge in [-0.2, -0.15) is 10.2 Å². The molecular weight excluding hydrogens is 224 g/mol. The van der Waals surface area contributed by atoms with Gasteiger partial charge in [-0.1, -0.05) is 27.7 Å². The van der Waals surface area contributed by atoms with Crippen LogP contribution in [0.15, 0.2) is 6.07 Å². The third-order valence-corrected chi connectivity index (χ3v) is 3.04. The number of aromatic nitrogens is 2. The highest BCUT2D eigenvalue weighted by atomic mass is 16.1. The number of nitrogens with zero attached hydrogens (tertiary/aromatic N) is 2. The van der Waals surface area contributed by atoms with Crippen molar-refractivity contribution in [2.24, 2.45) is 11.8 Å². The molecule has 0 aromatic carbocycles. The van der Waals surface area contributed by atoms with Crippen LogP contribution < -0.4 is 0 Å². The lowest BCUT2D eigenvalue weighted by Gasteiger charge is -2.14. The highest BCUT2D eigenvalue weighted by Crippen LogP contribution is 2.19. The minimum absolute atomic E-state index is 0.206. The van der Waals surface area contributed by atoms with Crippen LogP contribution in [0.2, 0.25) is 0 Å². The second-order valence-electron chi connectivity index (χ2n) is 5.56. The van der Waals surface area contributed by atoms with Crippen LogP contribution in [0.4, 0.5) is 0 Å². The maximum absolute atomic E-state index is 12.3. The summed E-state index contributed by atoms with van der Waals surface area (Å²) < 4.78 is 0. The fourth-order valence-corrected chi connectivity index (χ4v) is 2.33. The third kappa shape index (κ3) is 4.21. The van der Waals surface area contributed by atoms with E-state index >= 15 is 0 Å². The van der Waals surface area contributed by atoms with Gasteiger partial charge in [0.2, 0.25) is 0 Å². The Hall–Kier alpha value is -1.25. The monoisotopic (exact) mass is 248 g/mol. The van der Waals surface area contributed by atoms with Gasteiger partial charge < -0.3 is 0 Å². The first-order valence-corrected chi connectivity index (χ1v) is 6.80. The van der Waals surface area contributed by atoms with Crippen LogP contribution in [-0.2, 0) is 6.42 Å². The van der Waals surface area contributed by atoms with Gasteiger partial charge in [0.25, 0.3) is 0 Å². The fourth-order valence-electron chi connectivity index (χ4n) is 2.33. The molecule has 1 aromatic rings. The Morgan fingerprint density at radius 2 is 1.94 bits per heavy atom. The molecule has 0 amide bonds. The van der Waals surface area contributed by atoms with E-state index in [1.54, 1.807) is 0 Å². The molecule has 0 N–H and O–H groups in total. The van der Waals surface area contributed by atoms with Crippen molar-refractivity contribution < 1.29 is 4.79 Å². The van der Waals surface area contributed by atoms with Crippen molar-refractivity contribution in [2.75, 3.05) is 0 Å². The Kier molecular flexibility index (Phi) is 5.45. The summed E-state index contributed by atoms with van der Waals surface area (Å²) in [5.74, 6) is 1.27. The molecule has 0 fully saturated rings. The van der Waals surface area contributed by atoms with Crippen molar-refractivity contribution in [3.05, 3.63) is 23.0 Å². The normalized spacial score (nSPS) is 12.8. The summed E-state index contributed by atoms with van der Waals surface area (Å²) in [5.41, 5.74) is 2.40. The molecule has 0 saturated heterocycles. The van der Waals surface area contributed by atoms with Crippen molar-refractivity contribution in [3.63, 3.8) is 0 Å². The first-order valence-electron chi connectivity index (χ1n) is 6.80. The minimum Gasteiger partial charge on any atom is -0.294 e. The van der Waals surface area contributed by atoms with Gasteiger partial charge in [0.1, 0.15) is 0 Å². The van der Waals surface area contributed by atoms with E-state index in [1.165, 1.54) is 0 Å². The van der Waals surface area contributed by atoms with Gasteiger partial charge in [-0.25, -0.2) is 0 Å². The van der Waals surface area contributed by atoms with Crippen molar-refractivity contribution >= 4 is 5.78 Å². The number of hydrogen-bond acceptors (Lipinski definition) is 3. The zero-order valence-electron chi connectivity index (χ0n) is 12.2. The second kappa shape index (κ2) is 6.62. The lowest BCUT2D eigenvalue weighted by molar-refractivity contribution is 0.0958. The van der Waals surface area contributed by atoms with Crippen molar-refractivity contribution in [2.45, 2.75) is 53.9 Å². The number of carbonyl (C=O) groups excluding carboxylic acids is 1. The van der Waals surface area contributed by atoms with Gasteiger partial charge in [0.05, 0.1) is 11.4 Å². The molecular formula is C15H24N2O. The Labute approximate surface area is 110 Å². The van der Waals surface area contributed by atoms with Crippen molar-refractivity contribution in [1.29, 1.82) is 0 Å². The van der Waals surface area contributed by atoms with Crippen molar-refractivity contribution in [3.8, 4) is 0 Å². The molecule has 100 valence electrons. The average molecular weight is 248 g/mol. The summed E-state index contributed by atoms with van der Waals surface area (Å²) in [6.45, 7) is 10.4. The highest BCUT2D eigenvalue weighted by molar-refractivity contribution is 5.97. The number of aryl methyl sites for hydroxylation is 2. The fraction of sp³-hybridized carbons (Fsp3) is 0.667. The molecule has 18 heavy (non-hydrogen) atoms. The number of hydrogen-bond donors (Lipinski definition) is 0. The molecule has 0 aliphatic rings. The lowest BCUT2D eigenvalue weighted by atomic mass is 9.91. The molecule has 1 heterocycles. The largest absolute Gasteiger partial charge is 0.294 e. The van der Waals surface area contributed by atoms with Crippen LogP contribution in [-0.4, -0.2) is 16.0 Å². The molecule has 0 aliphatic carbocycles. The molecule has 0 saturated carbocycles. The quantitative estimate of drug-likeness (QED) is 0.722. The van der Waals surface area contributed by atoms with E-state index < -0.39 is 0 Å². The summed E-state index contributed by atoms with van der Waals surface area (Å²) in [7, 11) is 0. The van der Waals surface area contributed by atoms with Crippen LogP contribution in [0.1, 0.15) is 62.3 Å². The number of carbonyl (C=O) groups is 1. The molecule has 1 atom stereocenters. The Bertz CT molecular complexity index is 413. The van der Waals surface area contributed by atoms with Gasteiger partial charge in [-0.05, 0) is 37.7 Å². The first kappa shape index (κ1) is 14.8. The van der Waals surface area contributed by atoms with E-state index in [1.807, 2.05) is 19.9 Å². The summed E-state index contributed by atoms with van der Waals surface area (Å²) >= 11 is 0. The molecule has 0 spiro atoms. The molecule has 3 heteroatoms. The number of ketones is 1. The van der Waals surface area contributed by atoms with E-state index in [-0.39, 0.29) is 5.78 Å². The van der Waals surface area contributed by atoms with E-state index in [2.05, 4.69) is 31.0 Å². The second-order valence-corrected chi connectivity index (χ2v) is 5.56. The molecule has 1 rings (SSSR count). The van der Waals surface area contributed by atoms with E-state index in [0.717, 1.165) is 29.8 Å². The van der Waals surface area contributed by atoms with Crippen LogP contribution >= 0.6 is 0 Å². The topological polar surface area (TPSA) is 42.9 Å². The Morgan fingerprint density at radius 1 is 1.28 bits per heavy atom. The summed E-state index contributed by atoms with van der Waals surface area (Å²) in [6, 6.07) is 1.87. The standard InChI is InChI=1S/C15H24N2O/c1-6-14-13(9-12(5)16-17-14)15(18)8-11(4)7-10(2)3/h9-11H,6-8H2,1-5H3. The van der Waals surface area contributed by atoms with Gasteiger partial charge >= 0.3 is 0 Å². The van der Waals surface area contributed by atoms with Crippen LogP contribution in [0, 0.1) is 18.8 Å². The third-order valence-electron chi connectivity index (χ3n) is 3.04. The summed E-state index contributed by atoms with van der Waals surface area (Å²) in [4.78, 5) is 12.3. The lowest BCUT2D eigenvalue weighted by Crippen LogP contribution is -2.12. The van der Waals surface area contributed by atoms with Crippen LogP contribution in [0.5, 0.6) is 0 Å². The average Bonchev–Trinajstić information content (AvgIpc) is 2.27. The van der Waals surface area contributed by atoms with Crippen LogP contribution in [0.25, 0.3) is 0 Å². The zero-order valence-corrected chi connectivity index (χ0v) is 12.2. The summed E-state index contributed by atoms with van der Waals surface area (Å²) in [6.07, 6.45) is 2.45. The van der Waals surface area contributed by atoms with Gasteiger partial charge in [0.15, 0.2) is 5.78 Å². The number of Topliss-reactive ketones (excluding diaryl/α,β-unsaturated/α-hetero) is 1. The molecule has 0 bridgehead atoms. The maximum Gasteiger partial charge on any atom is 0.165 e. The smallest absolute Gasteiger partial charge is 0.165 e. The molecule has 0 aliphatic heterocycles. The maximum atomic E-state index is 12.3. The van der Waals surface area contributed by atoms with Crippen molar-refractivity contribution in [1.82, 2.24) is 10.2 Å². The van der Waals surface area contributed by atoms with Gasteiger partial charge in [-0.15, -0.1) is 0 Å². The van der Waals surface area contributed by atoms with E-state index in [4.69, 9.17) is 0 Å². The van der Waals surface area contributed by atoms with Gasteiger partial charge in [-0.3, -0.25) is 4.79 Å². The van der Waals surface area contributed by atoms with Crippen LogP contribution in [0.3, 0.4) is 0 Å². The van der Waals surface area contributed by atoms with E-state index in [9.17, 15) is 4.79 Å². The molecule has 1 aromatic heterocycles. The Balaban J connectivity index is 2.80. The van der Waals surface area contributed by atoms with Gasteiger partial charge in [0, 0.05) is 12.0 Å². The molecule has 1 unspecified atom stereocenters. The number of rotatable bonds is 6. The SMILES string of the molecule is CCc1nnc(C)cc1C(=O)CC(C)CC(C)C. The highest BCUT2D eigenvalue weighted by Gasteiger charge is 2.16. The zero-order chi connectivity index (χ0) is 13.7. The predicted molar refractivity (Wildman–Crippen MR) is 73.7 cm³/mol. The Morgan fingerprint density at radius 3 is 2.50 bits per heavy atom. The molecule has 3 nitrogen and oxygen atoms in total. The first-order chi connectivity index (χ1) is 8.43. The summed E-state index contributed by atoms with van der Waals surface area (Å²) in [5, 5.41) is 8.13. The predicted octanol–water partition coefficient (Wildman–Crippen LogP) is 3.60. The minimum atomic E-state index is 0.206. The van der Waals surface area contributed by atoms with E-state index in [0.29, 0.717) is 18.3 Å². The molecule has 0 radical (unpaired) electrons.